The number of carboxylic acid groups (broad SMARTS) is 1. The van der Waals surface area contributed by atoms with E-state index in [0.717, 1.165) is 28.0 Å². The van der Waals surface area contributed by atoms with E-state index in [-0.39, 0.29) is 0 Å². The Hall–Kier alpha value is -2.82. The monoisotopic (exact) mass is 324 g/mol. The van der Waals surface area contributed by atoms with Crippen LogP contribution in [0.25, 0.3) is 22.4 Å². The Kier molecular flexibility index (Phi) is 3.79. The van der Waals surface area contributed by atoms with Crippen molar-refractivity contribution in [1.82, 2.24) is 9.97 Å². The van der Waals surface area contributed by atoms with Crippen LogP contribution in [0.3, 0.4) is 0 Å². The van der Waals surface area contributed by atoms with Crippen molar-refractivity contribution in [2.24, 2.45) is 0 Å². The molecule has 2 N–H and O–H groups in total. The smallest absolute Gasteiger partial charge is 0.347 e. The number of hydrogen-bond acceptors (Lipinski definition) is 3. The number of fused-ring (bicyclic) bond motifs is 1. The first-order valence-corrected chi connectivity index (χ1v) is 7.76. The van der Waals surface area contributed by atoms with E-state index in [1.165, 1.54) is 19.4 Å². The number of nitrogens with zero attached hydrogens (tertiary/aromatic N) is 1. The number of H-pyrrole nitrogens is 1. The number of aryl methyl sites for hydroxylation is 2. The van der Waals surface area contributed by atoms with Crippen LogP contribution < -0.4 is 4.74 Å². The predicted molar refractivity (Wildman–Crippen MR) is 93.3 cm³/mol. The second-order valence-electron chi connectivity index (χ2n) is 6.50. The van der Waals surface area contributed by atoms with E-state index in [1.54, 1.807) is 6.07 Å². The van der Waals surface area contributed by atoms with Gasteiger partial charge in [-0.25, -0.2) is 9.78 Å². The van der Waals surface area contributed by atoms with Crippen molar-refractivity contribution < 1.29 is 14.6 Å². The van der Waals surface area contributed by atoms with Crippen LogP contribution in [-0.2, 0) is 4.79 Å². The number of nitrogens with one attached hydrogen (secondary N) is 1. The zero-order valence-electron chi connectivity index (χ0n) is 14.2. The summed E-state index contributed by atoms with van der Waals surface area (Å²) < 4.78 is 5.63. The number of benzene rings is 2. The Balaban J connectivity index is 1.95. The fraction of sp³-hybridized carbons (Fsp3) is 0.263. The molecule has 1 heterocycles. The van der Waals surface area contributed by atoms with E-state index in [2.05, 4.69) is 16.0 Å². The summed E-state index contributed by atoms with van der Waals surface area (Å²) in [7, 11) is 0. The molecule has 0 aliphatic rings. The molecule has 0 saturated heterocycles. The Bertz CT molecular complexity index is 926. The maximum atomic E-state index is 11.2. The van der Waals surface area contributed by atoms with E-state index in [0.29, 0.717) is 5.75 Å². The number of hydrogen-bond donors (Lipinski definition) is 2. The maximum Gasteiger partial charge on any atom is 0.347 e. The lowest BCUT2D eigenvalue weighted by atomic mass is 10.1. The Labute approximate surface area is 140 Å². The minimum atomic E-state index is -1.27. The number of rotatable bonds is 4. The van der Waals surface area contributed by atoms with Gasteiger partial charge in [-0.05, 0) is 69.2 Å². The van der Waals surface area contributed by atoms with Gasteiger partial charge < -0.3 is 14.8 Å². The van der Waals surface area contributed by atoms with E-state index >= 15 is 0 Å². The van der Waals surface area contributed by atoms with Crippen molar-refractivity contribution in [3.05, 3.63) is 47.5 Å². The van der Waals surface area contributed by atoms with Gasteiger partial charge in [-0.1, -0.05) is 6.07 Å². The first-order chi connectivity index (χ1) is 11.3. The first-order valence-electron chi connectivity index (χ1n) is 7.76. The minimum Gasteiger partial charge on any atom is -0.478 e. The third-order valence-electron chi connectivity index (χ3n) is 3.97. The molecule has 1 aromatic heterocycles. The van der Waals surface area contributed by atoms with Crippen LogP contribution in [0.1, 0.15) is 25.0 Å². The summed E-state index contributed by atoms with van der Waals surface area (Å²) in [6, 6.07) is 11.7. The second kappa shape index (κ2) is 5.67. The molecule has 24 heavy (non-hydrogen) atoms. The molecule has 124 valence electrons. The van der Waals surface area contributed by atoms with Crippen molar-refractivity contribution in [2.75, 3.05) is 0 Å². The van der Waals surface area contributed by atoms with Crippen LogP contribution in [0.4, 0.5) is 0 Å². The van der Waals surface area contributed by atoms with Gasteiger partial charge in [0.1, 0.15) is 11.6 Å². The van der Waals surface area contributed by atoms with Crippen molar-refractivity contribution in [3.63, 3.8) is 0 Å². The molecule has 0 amide bonds. The van der Waals surface area contributed by atoms with Gasteiger partial charge in [0.15, 0.2) is 5.60 Å². The molecule has 2 aromatic carbocycles. The molecule has 0 atom stereocenters. The van der Waals surface area contributed by atoms with Crippen LogP contribution >= 0.6 is 0 Å². The Morgan fingerprint density at radius 2 is 1.92 bits per heavy atom. The number of aliphatic carboxylic acids is 1. The summed E-state index contributed by atoms with van der Waals surface area (Å²) >= 11 is 0. The van der Waals surface area contributed by atoms with Gasteiger partial charge in [0.05, 0.1) is 11.0 Å². The highest BCUT2D eigenvalue weighted by atomic mass is 16.5. The average molecular weight is 324 g/mol. The predicted octanol–water partition coefficient (Wildman–Crippen LogP) is 4.09. The largest absolute Gasteiger partial charge is 0.478 e. The van der Waals surface area contributed by atoms with Crippen LogP contribution in [0.5, 0.6) is 5.75 Å². The highest BCUT2D eigenvalue weighted by Gasteiger charge is 2.29. The molecular formula is C19H20N2O3. The average Bonchev–Trinajstić information content (AvgIpc) is 2.92. The Morgan fingerprint density at radius 3 is 2.58 bits per heavy atom. The summed E-state index contributed by atoms with van der Waals surface area (Å²) in [5.74, 6) is 0.333. The van der Waals surface area contributed by atoms with Crippen molar-refractivity contribution in [2.45, 2.75) is 33.3 Å². The number of aromatic amines is 1. The highest BCUT2D eigenvalue weighted by Crippen LogP contribution is 2.28. The van der Waals surface area contributed by atoms with Gasteiger partial charge >= 0.3 is 5.97 Å². The minimum absolute atomic E-state index is 0.554. The number of carboxylic acids is 1. The molecular weight excluding hydrogens is 304 g/mol. The van der Waals surface area contributed by atoms with E-state index in [9.17, 15) is 9.90 Å². The number of imidazole rings is 1. The fourth-order valence-corrected chi connectivity index (χ4v) is 2.49. The molecule has 3 rings (SSSR count). The van der Waals surface area contributed by atoms with E-state index in [1.807, 2.05) is 38.1 Å². The number of ether oxygens (including phenoxy) is 1. The Morgan fingerprint density at radius 1 is 1.17 bits per heavy atom. The van der Waals surface area contributed by atoms with Gasteiger partial charge in [-0.2, -0.15) is 0 Å². The summed E-state index contributed by atoms with van der Waals surface area (Å²) in [5, 5.41) is 9.19. The van der Waals surface area contributed by atoms with Gasteiger partial charge in [0, 0.05) is 5.56 Å². The van der Waals surface area contributed by atoms with Crippen molar-refractivity contribution in [3.8, 4) is 17.1 Å². The zero-order chi connectivity index (χ0) is 17.5. The molecule has 5 heteroatoms. The molecule has 3 aromatic rings. The van der Waals surface area contributed by atoms with Crippen LogP contribution in [0.2, 0.25) is 0 Å². The fourth-order valence-electron chi connectivity index (χ4n) is 2.49. The molecule has 0 spiro atoms. The zero-order valence-corrected chi connectivity index (χ0v) is 14.2. The third kappa shape index (κ3) is 2.97. The summed E-state index contributed by atoms with van der Waals surface area (Å²) in [4.78, 5) is 19.1. The quantitative estimate of drug-likeness (QED) is 0.758. The summed E-state index contributed by atoms with van der Waals surface area (Å²) in [6.07, 6.45) is 0. The second-order valence-corrected chi connectivity index (χ2v) is 6.50. The van der Waals surface area contributed by atoms with Gasteiger partial charge in [0.25, 0.3) is 0 Å². The lowest BCUT2D eigenvalue weighted by Crippen LogP contribution is -2.38. The molecule has 0 unspecified atom stereocenters. The first kappa shape index (κ1) is 16.1. The van der Waals surface area contributed by atoms with Gasteiger partial charge in [0.2, 0.25) is 0 Å². The standard InChI is InChI=1S/C19H20N2O3/c1-11-5-7-14-15(9-11)21-17(20-14)13-6-8-16(12(2)10-13)24-19(3,4)18(22)23/h5-10H,1-4H3,(H,20,21)(H,22,23). The molecule has 0 aliphatic carbocycles. The maximum absolute atomic E-state index is 11.2. The summed E-state index contributed by atoms with van der Waals surface area (Å²) in [6.45, 7) is 7.00. The summed E-state index contributed by atoms with van der Waals surface area (Å²) in [5.41, 5.74) is 3.60. The molecule has 0 fully saturated rings. The molecule has 0 aliphatic heterocycles. The van der Waals surface area contributed by atoms with Crippen molar-refractivity contribution in [1.29, 1.82) is 0 Å². The highest BCUT2D eigenvalue weighted by molar-refractivity contribution is 5.80. The van der Waals surface area contributed by atoms with E-state index < -0.39 is 11.6 Å². The lowest BCUT2D eigenvalue weighted by molar-refractivity contribution is -0.152. The number of carbonyl (C=O) groups is 1. The number of aromatic nitrogens is 2. The lowest BCUT2D eigenvalue weighted by Gasteiger charge is -2.22. The normalized spacial score (nSPS) is 11.7. The third-order valence-corrected chi connectivity index (χ3v) is 3.97. The van der Waals surface area contributed by atoms with Gasteiger partial charge in [-0.15, -0.1) is 0 Å². The topological polar surface area (TPSA) is 75.2 Å². The SMILES string of the molecule is Cc1ccc2nc(-c3ccc(OC(C)(C)C(=O)O)c(C)c3)[nH]c2c1. The van der Waals surface area contributed by atoms with Crippen molar-refractivity contribution >= 4 is 17.0 Å². The van der Waals surface area contributed by atoms with Crippen LogP contribution in [0.15, 0.2) is 36.4 Å². The van der Waals surface area contributed by atoms with E-state index in [4.69, 9.17) is 4.74 Å². The molecule has 0 radical (unpaired) electrons. The van der Waals surface area contributed by atoms with Gasteiger partial charge in [-0.3, -0.25) is 0 Å². The molecule has 0 bridgehead atoms. The van der Waals surface area contributed by atoms with Crippen LogP contribution in [0, 0.1) is 13.8 Å². The van der Waals surface area contributed by atoms with Crippen LogP contribution in [-0.4, -0.2) is 26.6 Å². The molecule has 0 saturated carbocycles. The molecule has 5 nitrogen and oxygen atoms in total.